The van der Waals surface area contributed by atoms with Gasteiger partial charge in [0, 0.05) is 28.7 Å². The minimum atomic E-state index is 0.637. The van der Waals surface area contributed by atoms with E-state index in [0.717, 1.165) is 39.3 Å². The second-order valence-electron chi connectivity index (χ2n) is 5.63. The fraction of sp³-hybridized carbons (Fsp3) is 0.294. The Morgan fingerprint density at radius 2 is 1.87 bits per heavy atom. The van der Waals surface area contributed by atoms with Gasteiger partial charge in [0.2, 0.25) is 5.89 Å². The molecule has 0 atom stereocenters. The van der Waals surface area contributed by atoms with E-state index in [0.29, 0.717) is 12.4 Å². The van der Waals surface area contributed by atoms with Crippen molar-refractivity contribution in [3.05, 3.63) is 57.7 Å². The Bertz CT molecular complexity index is 773. The predicted octanol–water partition coefficient (Wildman–Crippen LogP) is 4.34. The zero-order valence-corrected chi connectivity index (χ0v) is 14.9. The lowest BCUT2D eigenvalue weighted by Gasteiger charge is -2.14. The predicted molar refractivity (Wildman–Crippen MR) is 90.8 cm³/mol. The molecule has 0 radical (unpaired) electrons. The van der Waals surface area contributed by atoms with Crippen LogP contribution < -0.4 is 0 Å². The lowest BCUT2D eigenvalue weighted by molar-refractivity contribution is 0.311. The molecule has 0 aliphatic rings. The highest BCUT2D eigenvalue weighted by Crippen LogP contribution is 2.22. The van der Waals surface area contributed by atoms with E-state index < -0.39 is 0 Å². The maximum Gasteiger partial charge on any atom is 0.226 e. The first kappa shape index (κ1) is 16.0. The summed E-state index contributed by atoms with van der Waals surface area (Å²) in [5, 5.41) is 3.99. The van der Waals surface area contributed by atoms with E-state index in [-0.39, 0.29) is 0 Å². The summed E-state index contributed by atoms with van der Waals surface area (Å²) in [6.45, 7) is 5.36. The summed E-state index contributed by atoms with van der Waals surface area (Å²) < 4.78 is 11.8. The van der Waals surface area contributed by atoms with Crippen molar-refractivity contribution in [1.29, 1.82) is 0 Å². The van der Waals surface area contributed by atoms with Gasteiger partial charge in [-0.05, 0) is 45.2 Å². The molecule has 2 heterocycles. The first-order valence-corrected chi connectivity index (χ1v) is 8.13. The first-order valence-electron chi connectivity index (χ1n) is 7.33. The Kier molecular flexibility index (Phi) is 4.63. The summed E-state index contributed by atoms with van der Waals surface area (Å²) in [5.74, 6) is 1.50. The number of aromatic nitrogens is 2. The third-order valence-corrected chi connectivity index (χ3v) is 4.21. The van der Waals surface area contributed by atoms with Crippen molar-refractivity contribution < 1.29 is 8.94 Å². The Labute approximate surface area is 143 Å². The topological polar surface area (TPSA) is 55.3 Å². The molecule has 0 saturated heterocycles. The highest BCUT2D eigenvalue weighted by atomic mass is 79.9. The molecule has 6 heteroatoms. The zero-order chi connectivity index (χ0) is 16.4. The summed E-state index contributed by atoms with van der Waals surface area (Å²) in [6, 6.07) is 7.91. The van der Waals surface area contributed by atoms with E-state index in [9.17, 15) is 0 Å². The van der Waals surface area contributed by atoms with E-state index in [2.05, 4.69) is 31.0 Å². The molecule has 3 aromatic rings. The van der Waals surface area contributed by atoms with Gasteiger partial charge < -0.3 is 8.94 Å². The molecule has 0 N–H and O–H groups in total. The molecule has 0 amide bonds. The molecule has 120 valence electrons. The van der Waals surface area contributed by atoms with E-state index in [1.807, 2.05) is 45.2 Å². The number of rotatable bonds is 5. The van der Waals surface area contributed by atoms with Gasteiger partial charge in [-0.25, -0.2) is 4.98 Å². The van der Waals surface area contributed by atoms with Gasteiger partial charge >= 0.3 is 0 Å². The average molecular weight is 376 g/mol. The molecule has 0 saturated carbocycles. The second-order valence-corrected chi connectivity index (χ2v) is 6.54. The number of oxazole rings is 1. The van der Waals surface area contributed by atoms with Crippen molar-refractivity contribution >= 4 is 15.9 Å². The van der Waals surface area contributed by atoms with Crippen LogP contribution in [0.15, 0.2) is 43.9 Å². The Balaban J connectivity index is 1.68. The van der Waals surface area contributed by atoms with Crippen molar-refractivity contribution in [2.45, 2.75) is 26.9 Å². The van der Waals surface area contributed by atoms with Crippen LogP contribution in [0.4, 0.5) is 0 Å². The Hall–Kier alpha value is -1.92. The minimum absolute atomic E-state index is 0.637. The fourth-order valence-electron chi connectivity index (χ4n) is 2.43. The molecule has 1 aromatic carbocycles. The molecule has 5 nitrogen and oxygen atoms in total. The number of hydrogen-bond acceptors (Lipinski definition) is 5. The molecule has 23 heavy (non-hydrogen) atoms. The van der Waals surface area contributed by atoms with E-state index >= 15 is 0 Å². The van der Waals surface area contributed by atoms with Crippen LogP contribution >= 0.6 is 15.9 Å². The van der Waals surface area contributed by atoms with Crippen molar-refractivity contribution in [3.8, 4) is 11.5 Å². The minimum Gasteiger partial charge on any atom is -0.444 e. The lowest BCUT2D eigenvalue weighted by Crippen LogP contribution is -2.18. The molecular weight excluding hydrogens is 358 g/mol. The molecule has 2 aromatic heterocycles. The molecule has 0 aliphatic carbocycles. The number of hydrogen-bond donors (Lipinski definition) is 0. The zero-order valence-electron chi connectivity index (χ0n) is 13.3. The maximum atomic E-state index is 5.59. The largest absolute Gasteiger partial charge is 0.444 e. The van der Waals surface area contributed by atoms with Crippen LogP contribution in [0, 0.1) is 13.8 Å². The van der Waals surface area contributed by atoms with Gasteiger partial charge in [0.15, 0.2) is 0 Å². The van der Waals surface area contributed by atoms with Crippen LogP contribution in [0.5, 0.6) is 0 Å². The van der Waals surface area contributed by atoms with E-state index in [4.69, 9.17) is 8.94 Å². The first-order chi connectivity index (χ1) is 11.0. The van der Waals surface area contributed by atoms with Gasteiger partial charge in [-0.2, -0.15) is 0 Å². The molecule has 0 bridgehead atoms. The summed E-state index contributed by atoms with van der Waals surface area (Å²) in [5.41, 5.74) is 3.93. The van der Waals surface area contributed by atoms with Gasteiger partial charge in [-0.1, -0.05) is 21.1 Å². The molecular formula is C17H18BrN3O2. The summed E-state index contributed by atoms with van der Waals surface area (Å²) in [6.07, 6.45) is 1.71. The third kappa shape index (κ3) is 3.71. The van der Waals surface area contributed by atoms with E-state index in [1.165, 1.54) is 0 Å². The second kappa shape index (κ2) is 6.68. The van der Waals surface area contributed by atoms with Crippen molar-refractivity contribution in [2.24, 2.45) is 0 Å². The molecule has 3 rings (SSSR count). The standard InChI is InChI=1S/C17H18BrN3O2/c1-11-16(12(2)23-20-11)9-21(3)8-15-10-22-17(19-15)13-4-6-14(18)7-5-13/h4-7,10H,8-9H2,1-3H3. The van der Waals surface area contributed by atoms with Crippen molar-refractivity contribution in [1.82, 2.24) is 15.0 Å². The normalized spacial score (nSPS) is 11.3. The number of aryl methyl sites for hydroxylation is 2. The Morgan fingerprint density at radius 1 is 1.13 bits per heavy atom. The van der Waals surface area contributed by atoms with Crippen LogP contribution in [-0.4, -0.2) is 22.1 Å². The number of halogens is 1. The van der Waals surface area contributed by atoms with Crippen molar-refractivity contribution in [2.75, 3.05) is 7.05 Å². The highest BCUT2D eigenvalue weighted by Gasteiger charge is 2.13. The summed E-state index contributed by atoms with van der Waals surface area (Å²) in [4.78, 5) is 6.72. The monoisotopic (exact) mass is 375 g/mol. The number of nitrogens with zero attached hydrogens (tertiary/aromatic N) is 3. The van der Waals surface area contributed by atoms with Crippen LogP contribution in [-0.2, 0) is 13.1 Å². The summed E-state index contributed by atoms with van der Waals surface area (Å²) >= 11 is 3.43. The van der Waals surface area contributed by atoms with Crippen LogP contribution in [0.2, 0.25) is 0 Å². The van der Waals surface area contributed by atoms with Gasteiger partial charge in [-0.15, -0.1) is 0 Å². The van der Waals surface area contributed by atoms with Gasteiger partial charge in [0.25, 0.3) is 0 Å². The third-order valence-electron chi connectivity index (χ3n) is 3.68. The van der Waals surface area contributed by atoms with E-state index in [1.54, 1.807) is 6.26 Å². The highest BCUT2D eigenvalue weighted by molar-refractivity contribution is 9.10. The molecule has 0 unspecified atom stereocenters. The number of benzene rings is 1. The van der Waals surface area contributed by atoms with Gasteiger partial charge in [0.1, 0.15) is 12.0 Å². The van der Waals surface area contributed by atoms with Crippen molar-refractivity contribution in [3.63, 3.8) is 0 Å². The van der Waals surface area contributed by atoms with Crippen LogP contribution in [0.1, 0.15) is 22.7 Å². The smallest absolute Gasteiger partial charge is 0.226 e. The summed E-state index contributed by atoms with van der Waals surface area (Å²) in [7, 11) is 2.04. The molecule has 0 spiro atoms. The average Bonchev–Trinajstić information content (AvgIpc) is 3.10. The van der Waals surface area contributed by atoms with Crippen LogP contribution in [0.25, 0.3) is 11.5 Å². The maximum absolute atomic E-state index is 5.59. The quantitative estimate of drug-likeness (QED) is 0.663. The lowest BCUT2D eigenvalue weighted by atomic mass is 10.2. The molecule has 0 aliphatic heterocycles. The van der Waals surface area contributed by atoms with Gasteiger partial charge in [0.05, 0.1) is 11.4 Å². The fourth-order valence-corrected chi connectivity index (χ4v) is 2.70. The van der Waals surface area contributed by atoms with Crippen LogP contribution in [0.3, 0.4) is 0 Å². The SMILES string of the molecule is Cc1noc(C)c1CN(C)Cc1coc(-c2ccc(Br)cc2)n1. The Morgan fingerprint density at radius 3 is 2.52 bits per heavy atom. The molecule has 0 fully saturated rings. The van der Waals surface area contributed by atoms with Gasteiger partial charge in [-0.3, -0.25) is 4.90 Å².